The average Bonchev–Trinajstić information content (AvgIpc) is 3.02. The van der Waals surface area contributed by atoms with Crippen molar-refractivity contribution in [2.75, 3.05) is 5.32 Å². The van der Waals surface area contributed by atoms with E-state index in [0.29, 0.717) is 0 Å². The zero-order chi connectivity index (χ0) is 14.7. The lowest BCUT2D eigenvalue weighted by Crippen LogP contribution is -2.47. The SMILES string of the molecule is O=C(Nc1cccc(Br)c1)C1(n2cnnn2)CCCCC1. The topological polar surface area (TPSA) is 72.7 Å². The Morgan fingerprint density at radius 1 is 1.29 bits per heavy atom. The Bertz CT molecular complexity index is 622. The van der Waals surface area contributed by atoms with Crippen LogP contribution in [0.4, 0.5) is 5.69 Å². The summed E-state index contributed by atoms with van der Waals surface area (Å²) in [6, 6.07) is 7.57. The van der Waals surface area contributed by atoms with Gasteiger partial charge in [-0.25, -0.2) is 4.68 Å². The molecule has 6 nitrogen and oxygen atoms in total. The first-order chi connectivity index (χ1) is 10.2. The lowest BCUT2D eigenvalue weighted by atomic mass is 9.81. The molecule has 0 aliphatic heterocycles. The van der Waals surface area contributed by atoms with Gasteiger partial charge in [-0.15, -0.1) is 5.10 Å². The van der Waals surface area contributed by atoms with E-state index in [1.54, 1.807) is 4.68 Å². The van der Waals surface area contributed by atoms with Crippen molar-refractivity contribution in [1.29, 1.82) is 0 Å². The van der Waals surface area contributed by atoms with Gasteiger partial charge >= 0.3 is 0 Å². The van der Waals surface area contributed by atoms with Crippen molar-refractivity contribution in [3.8, 4) is 0 Å². The second-order valence-corrected chi connectivity index (χ2v) is 6.23. The first-order valence-electron chi connectivity index (χ1n) is 7.01. The van der Waals surface area contributed by atoms with Crippen molar-refractivity contribution >= 4 is 27.5 Å². The molecular weight excluding hydrogens is 334 g/mol. The van der Waals surface area contributed by atoms with Gasteiger partial charge in [0.25, 0.3) is 5.91 Å². The number of hydrogen-bond acceptors (Lipinski definition) is 4. The normalized spacial score (nSPS) is 17.4. The molecule has 110 valence electrons. The molecule has 2 aromatic rings. The molecule has 0 unspecified atom stereocenters. The number of carbonyl (C=O) groups excluding carboxylic acids is 1. The molecule has 7 heteroatoms. The largest absolute Gasteiger partial charge is 0.324 e. The number of halogens is 1. The summed E-state index contributed by atoms with van der Waals surface area (Å²) in [6.07, 6.45) is 6.22. The van der Waals surface area contributed by atoms with E-state index < -0.39 is 5.54 Å². The average molecular weight is 350 g/mol. The molecule has 1 aliphatic carbocycles. The Balaban J connectivity index is 1.88. The number of nitrogens with zero attached hydrogens (tertiary/aromatic N) is 4. The fourth-order valence-corrected chi connectivity index (χ4v) is 3.27. The summed E-state index contributed by atoms with van der Waals surface area (Å²) in [5, 5.41) is 14.4. The molecule has 1 heterocycles. The van der Waals surface area contributed by atoms with Crippen LogP contribution in [0.3, 0.4) is 0 Å². The second-order valence-electron chi connectivity index (χ2n) is 5.31. The van der Waals surface area contributed by atoms with Gasteiger partial charge < -0.3 is 5.32 Å². The number of nitrogens with one attached hydrogen (secondary N) is 1. The molecule has 3 rings (SSSR count). The minimum Gasteiger partial charge on any atom is -0.324 e. The van der Waals surface area contributed by atoms with E-state index in [-0.39, 0.29) is 5.91 Å². The Hall–Kier alpha value is -1.76. The van der Waals surface area contributed by atoms with E-state index in [4.69, 9.17) is 0 Å². The zero-order valence-electron chi connectivity index (χ0n) is 11.5. The van der Waals surface area contributed by atoms with Crippen molar-refractivity contribution in [2.24, 2.45) is 0 Å². The van der Waals surface area contributed by atoms with E-state index in [1.807, 2.05) is 24.3 Å². The van der Waals surface area contributed by atoms with Crippen molar-refractivity contribution in [3.05, 3.63) is 35.1 Å². The van der Waals surface area contributed by atoms with E-state index in [9.17, 15) is 4.79 Å². The van der Waals surface area contributed by atoms with Crippen molar-refractivity contribution in [1.82, 2.24) is 20.2 Å². The molecule has 0 spiro atoms. The van der Waals surface area contributed by atoms with Crippen LogP contribution in [0.5, 0.6) is 0 Å². The molecule has 1 saturated carbocycles. The summed E-state index contributed by atoms with van der Waals surface area (Å²) in [5.74, 6) is -0.0485. The predicted octanol–water partition coefficient (Wildman–Crippen LogP) is 2.73. The molecule has 0 radical (unpaired) electrons. The lowest BCUT2D eigenvalue weighted by Gasteiger charge is -2.35. The third-order valence-electron chi connectivity index (χ3n) is 3.97. The van der Waals surface area contributed by atoms with Gasteiger partial charge in [-0.3, -0.25) is 4.79 Å². The van der Waals surface area contributed by atoms with Gasteiger partial charge in [-0.2, -0.15) is 0 Å². The van der Waals surface area contributed by atoms with Crippen LogP contribution in [0.15, 0.2) is 35.1 Å². The molecule has 1 amide bonds. The monoisotopic (exact) mass is 349 g/mol. The Labute approximate surface area is 131 Å². The third-order valence-corrected chi connectivity index (χ3v) is 4.47. The van der Waals surface area contributed by atoms with Crippen LogP contribution in [0.1, 0.15) is 32.1 Å². The van der Waals surface area contributed by atoms with E-state index >= 15 is 0 Å². The van der Waals surface area contributed by atoms with Crippen molar-refractivity contribution < 1.29 is 4.79 Å². The number of benzene rings is 1. The van der Waals surface area contributed by atoms with E-state index in [0.717, 1.165) is 42.3 Å². The number of amides is 1. The number of tetrazole rings is 1. The summed E-state index contributed by atoms with van der Waals surface area (Å²) < 4.78 is 2.54. The standard InChI is InChI=1S/C14H16BrN5O/c15-11-5-4-6-12(9-11)17-13(21)14(7-2-1-3-8-14)20-10-16-18-19-20/h4-6,9-10H,1-3,7-8H2,(H,17,21). The minimum absolute atomic E-state index is 0.0485. The molecule has 1 aromatic heterocycles. The quantitative estimate of drug-likeness (QED) is 0.924. The van der Waals surface area contributed by atoms with Gasteiger partial charge in [0.2, 0.25) is 0 Å². The van der Waals surface area contributed by atoms with Crippen molar-refractivity contribution in [2.45, 2.75) is 37.6 Å². The Morgan fingerprint density at radius 2 is 2.10 bits per heavy atom. The molecule has 21 heavy (non-hydrogen) atoms. The van der Waals surface area contributed by atoms with Gasteiger partial charge in [0, 0.05) is 10.2 Å². The van der Waals surface area contributed by atoms with E-state index in [2.05, 4.69) is 36.8 Å². The Morgan fingerprint density at radius 3 is 2.76 bits per heavy atom. The van der Waals surface area contributed by atoms with Gasteiger partial charge in [0.05, 0.1) is 0 Å². The highest BCUT2D eigenvalue weighted by Crippen LogP contribution is 2.35. The maximum Gasteiger partial charge on any atom is 0.252 e. The number of aromatic nitrogens is 4. The zero-order valence-corrected chi connectivity index (χ0v) is 13.1. The Kier molecular flexibility index (Phi) is 4.01. The maximum atomic E-state index is 12.9. The fourth-order valence-electron chi connectivity index (χ4n) is 2.87. The van der Waals surface area contributed by atoms with Crippen LogP contribution >= 0.6 is 15.9 Å². The van der Waals surface area contributed by atoms with Crippen molar-refractivity contribution in [3.63, 3.8) is 0 Å². The number of anilines is 1. The fraction of sp³-hybridized carbons (Fsp3) is 0.429. The van der Waals surface area contributed by atoms with E-state index in [1.165, 1.54) is 6.33 Å². The number of rotatable bonds is 3. The highest BCUT2D eigenvalue weighted by molar-refractivity contribution is 9.10. The molecule has 1 N–H and O–H groups in total. The molecule has 1 fully saturated rings. The number of hydrogen-bond donors (Lipinski definition) is 1. The highest BCUT2D eigenvalue weighted by Gasteiger charge is 2.42. The van der Waals surface area contributed by atoms with Gasteiger partial charge in [0.15, 0.2) is 0 Å². The summed E-state index contributed by atoms with van der Waals surface area (Å²) >= 11 is 3.41. The summed E-state index contributed by atoms with van der Waals surface area (Å²) in [4.78, 5) is 12.9. The van der Waals surface area contributed by atoms with Gasteiger partial charge in [0.1, 0.15) is 11.9 Å². The molecule has 0 atom stereocenters. The smallest absolute Gasteiger partial charge is 0.252 e. The van der Waals surface area contributed by atoms with Crippen LogP contribution in [0, 0.1) is 0 Å². The third kappa shape index (κ3) is 2.83. The maximum absolute atomic E-state index is 12.9. The lowest BCUT2D eigenvalue weighted by molar-refractivity contribution is -0.126. The highest BCUT2D eigenvalue weighted by atomic mass is 79.9. The first-order valence-corrected chi connectivity index (χ1v) is 7.80. The molecular formula is C14H16BrN5O. The van der Waals surface area contributed by atoms with Crippen LogP contribution in [0.2, 0.25) is 0 Å². The number of carbonyl (C=O) groups is 1. The summed E-state index contributed by atoms with van der Waals surface area (Å²) in [7, 11) is 0. The van der Waals surface area contributed by atoms with Crippen LogP contribution in [-0.4, -0.2) is 26.1 Å². The van der Waals surface area contributed by atoms with Crippen LogP contribution in [-0.2, 0) is 10.3 Å². The van der Waals surface area contributed by atoms with Gasteiger partial charge in [-0.05, 0) is 41.5 Å². The molecule has 0 saturated heterocycles. The second kappa shape index (κ2) is 5.93. The van der Waals surface area contributed by atoms with Gasteiger partial charge in [-0.1, -0.05) is 41.3 Å². The minimum atomic E-state index is -0.677. The molecule has 0 bridgehead atoms. The molecule has 1 aliphatic rings. The summed E-state index contributed by atoms with van der Waals surface area (Å²) in [5.41, 5.74) is 0.0942. The molecule has 1 aromatic carbocycles. The predicted molar refractivity (Wildman–Crippen MR) is 81.6 cm³/mol. The van der Waals surface area contributed by atoms with Crippen LogP contribution in [0.25, 0.3) is 0 Å². The summed E-state index contributed by atoms with van der Waals surface area (Å²) in [6.45, 7) is 0. The van der Waals surface area contributed by atoms with Crippen LogP contribution < -0.4 is 5.32 Å². The first kappa shape index (κ1) is 14.2.